The monoisotopic (exact) mass is 315 g/mol. The Hall–Kier alpha value is -1.14. The molecule has 0 saturated heterocycles. The minimum absolute atomic E-state index is 0.0205. The number of alkyl halides is 3. The van der Waals surface area contributed by atoms with E-state index in [4.69, 9.17) is 23.2 Å². The minimum atomic E-state index is -4.55. The highest BCUT2D eigenvalue weighted by Crippen LogP contribution is 2.22. The van der Waals surface area contributed by atoms with Gasteiger partial charge in [0, 0.05) is 17.1 Å². The summed E-state index contributed by atoms with van der Waals surface area (Å²) in [5.41, 5.74) is 0.553. The maximum atomic E-state index is 11.9. The molecule has 0 aliphatic carbocycles. The number of hydrogen-bond donors (Lipinski definition) is 0. The first-order chi connectivity index (χ1) is 8.69. The number of ether oxygens (including phenoxy) is 1. The molecule has 8 heteroatoms. The second-order valence-electron chi connectivity index (χ2n) is 3.76. The summed E-state index contributed by atoms with van der Waals surface area (Å²) in [4.78, 5) is 12.3. The maximum absolute atomic E-state index is 11.9. The van der Waals surface area contributed by atoms with E-state index in [-0.39, 0.29) is 6.54 Å². The number of carbonyl (C=O) groups is 1. The van der Waals surface area contributed by atoms with Crippen molar-refractivity contribution < 1.29 is 22.7 Å². The van der Waals surface area contributed by atoms with E-state index >= 15 is 0 Å². The van der Waals surface area contributed by atoms with E-state index in [2.05, 4.69) is 4.74 Å². The van der Waals surface area contributed by atoms with Gasteiger partial charge in [-0.3, -0.25) is 0 Å². The fourth-order valence-electron chi connectivity index (χ4n) is 1.22. The zero-order chi connectivity index (χ0) is 14.6. The van der Waals surface area contributed by atoms with Crippen LogP contribution in [0.25, 0.3) is 0 Å². The largest absolute Gasteiger partial charge is 0.440 e. The number of hydrogen-bond acceptors (Lipinski definition) is 2. The Morgan fingerprint density at radius 1 is 1.37 bits per heavy atom. The summed E-state index contributed by atoms with van der Waals surface area (Å²) >= 11 is 11.6. The standard InChI is InChI=1S/C11H10Cl2F3NO2/c1-17(10(18)19-6-11(14,15)16)5-7-2-3-8(12)4-9(7)13/h2-4H,5-6H2,1H3. The van der Waals surface area contributed by atoms with Crippen LogP contribution in [0.15, 0.2) is 18.2 Å². The van der Waals surface area contributed by atoms with Gasteiger partial charge in [-0.1, -0.05) is 29.3 Å². The fourth-order valence-corrected chi connectivity index (χ4v) is 1.69. The maximum Gasteiger partial charge on any atom is 0.422 e. The lowest BCUT2D eigenvalue weighted by Crippen LogP contribution is -2.30. The molecular weight excluding hydrogens is 306 g/mol. The van der Waals surface area contributed by atoms with Crippen LogP contribution in [0.2, 0.25) is 10.0 Å². The highest BCUT2D eigenvalue weighted by Gasteiger charge is 2.30. The summed E-state index contributed by atoms with van der Waals surface area (Å²) in [7, 11) is 1.31. The van der Waals surface area contributed by atoms with Crippen LogP contribution < -0.4 is 0 Å². The van der Waals surface area contributed by atoms with Gasteiger partial charge in [-0.25, -0.2) is 4.79 Å². The van der Waals surface area contributed by atoms with Crippen molar-refractivity contribution in [1.29, 1.82) is 0 Å². The first-order valence-corrected chi connectivity index (χ1v) is 5.83. The molecule has 0 heterocycles. The topological polar surface area (TPSA) is 29.5 Å². The van der Waals surface area contributed by atoms with Crippen LogP contribution in [0.3, 0.4) is 0 Å². The molecule has 0 radical (unpaired) electrons. The number of halogens is 5. The molecule has 0 aliphatic rings. The highest BCUT2D eigenvalue weighted by molar-refractivity contribution is 6.35. The first kappa shape index (κ1) is 15.9. The third-order valence-corrected chi connectivity index (χ3v) is 2.68. The number of benzene rings is 1. The second-order valence-corrected chi connectivity index (χ2v) is 4.61. The lowest BCUT2D eigenvalue weighted by molar-refractivity contribution is -0.162. The first-order valence-electron chi connectivity index (χ1n) is 5.07. The van der Waals surface area contributed by atoms with Crippen LogP contribution in [0.1, 0.15) is 5.56 Å². The Morgan fingerprint density at radius 2 is 2.00 bits per heavy atom. The van der Waals surface area contributed by atoms with Gasteiger partial charge in [0.2, 0.25) is 0 Å². The molecule has 1 amide bonds. The van der Waals surface area contributed by atoms with Crippen LogP contribution in [-0.4, -0.2) is 30.8 Å². The molecule has 0 unspecified atom stereocenters. The van der Waals surface area contributed by atoms with Gasteiger partial charge < -0.3 is 9.64 Å². The predicted molar refractivity (Wildman–Crippen MR) is 65.3 cm³/mol. The van der Waals surface area contributed by atoms with Crippen molar-refractivity contribution in [2.45, 2.75) is 12.7 Å². The minimum Gasteiger partial charge on any atom is -0.440 e. The highest BCUT2D eigenvalue weighted by atomic mass is 35.5. The molecule has 3 nitrogen and oxygen atoms in total. The molecule has 0 N–H and O–H groups in total. The van der Waals surface area contributed by atoms with E-state index in [1.807, 2.05) is 0 Å². The van der Waals surface area contributed by atoms with E-state index in [0.717, 1.165) is 4.90 Å². The van der Waals surface area contributed by atoms with Gasteiger partial charge >= 0.3 is 12.3 Å². The zero-order valence-electron chi connectivity index (χ0n) is 9.80. The lowest BCUT2D eigenvalue weighted by Gasteiger charge is -2.18. The molecule has 0 aromatic heterocycles. The summed E-state index contributed by atoms with van der Waals surface area (Å²) in [6.07, 6.45) is -5.63. The molecule has 0 atom stereocenters. The summed E-state index contributed by atoms with van der Waals surface area (Å²) in [6.45, 7) is -1.60. The van der Waals surface area contributed by atoms with E-state index in [1.54, 1.807) is 12.1 Å². The van der Waals surface area contributed by atoms with Crippen molar-refractivity contribution in [3.05, 3.63) is 33.8 Å². The van der Waals surface area contributed by atoms with Crippen molar-refractivity contribution in [1.82, 2.24) is 4.90 Å². The zero-order valence-corrected chi connectivity index (χ0v) is 11.3. The average molecular weight is 316 g/mol. The van der Waals surface area contributed by atoms with Gasteiger partial charge in [0.05, 0.1) is 6.54 Å². The predicted octanol–water partition coefficient (Wildman–Crippen LogP) is 4.12. The van der Waals surface area contributed by atoms with E-state index in [9.17, 15) is 18.0 Å². The summed E-state index contributed by atoms with van der Waals surface area (Å²) in [6, 6.07) is 4.63. The summed E-state index contributed by atoms with van der Waals surface area (Å²) in [5, 5.41) is 0.749. The molecule has 0 aliphatic heterocycles. The summed E-state index contributed by atoms with van der Waals surface area (Å²) in [5.74, 6) is 0. The van der Waals surface area contributed by atoms with Gasteiger partial charge in [-0.15, -0.1) is 0 Å². The molecule has 1 aromatic carbocycles. The average Bonchev–Trinajstić information content (AvgIpc) is 2.28. The van der Waals surface area contributed by atoms with Crippen LogP contribution in [0.4, 0.5) is 18.0 Å². The quantitative estimate of drug-likeness (QED) is 0.839. The third-order valence-electron chi connectivity index (χ3n) is 2.09. The fraction of sp³-hybridized carbons (Fsp3) is 0.364. The Kier molecular flexibility index (Phi) is 5.31. The molecule has 0 bridgehead atoms. The van der Waals surface area contributed by atoms with Crippen LogP contribution in [-0.2, 0) is 11.3 Å². The molecular formula is C11H10Cl2F3NO2. The number of amides is 1. The smallest absolute Gasteiger partial charge is 0.422 e. The van der Waals surface area contributed by atoms with Gasteiger partial charge in [0.1, 0.15) is 0 Å². The van der Waals surface area contributed by atoms with Gasteiger partial charge in [0.25, 0.3) is 0 Å². The van der Waals surface area contributed by atoms with Crippen molar-refractivity contribution in [2.75, 3.05) is 13.7 Å². The van der Waals surface area contributed by atoms with E-state index in [1.165, 1.54) is 13.1 Å². The SMILES string of the molecule is CN(Cc1ccc(Cl)cc1Cl)C(=O)OCC(F)(F)F. The van der Waals surface area contributed by atoms with Gasteiger partial charge in [-0.05, 0) is 17.7 Å². The van der Waals surface area contributed by atoms with Gasteiger partial charge in [-0.2, -0.15) is 13.2 Å². The molecule has 106 valence electrons. The molecule has 1 aromatic rings. The molecule has 1 rings (SSSR count). The molecule has 19 heavy (non-hydrogen) atoms. The van der Waals surface area contributed by atoms with Crippen molar-refractivity contribution in [2.24, 2.45) is 0 Å². The number of rotatable bonds is 3. The number of nitrogens with zero attached hydrogens (tertiary/aromatic N) is 1. The van der Waals surface area contributed by atoms with E-state index < -0.39 is 18.9 Å². The number of carbonyl (C=O) groups excluding carboxylic acids is 1. The third kappa shape index (κ3) is 5.57. The molecule has 0 saturated carbocycles. The van der Waals surface area contributed by atoms with Crippen LogP contribution in [0.5, 0.6) is 0 Å². The van der Waals surface area contributed by atoms with Crippen LogP contribution >= 0.6 is 23.2 Å². The van der Waals surface area contributed by atoms with Crippen molar-refractivity contribution in [3.63, 3.8) is 0 Å². The summed E-state index contributed by atoms with van der Waals surface area (Å²) < 4.78 is 39.7. The van der Waals surface area contributed by atoms with Crippen LogP contribution in [0, 0.1) is 0 Å². The Bertz CT molecular complexity index is 466. The van der Waals surface area contributed by atoms with Crippen molar-refractivity contribution in [3.8, 4) is 0 Å². The lowest BCUT2D eigenvalue weighted by atomic mass is 10.2. The molecule has 0 fully saturated rings. The Balaban J connectivity index is 2.59. The van der Waals surface area contributed by atoms with Gasteiger partial charge in [0.15, 0.2) is 6.61 Å². The van der Waals surface area contributed by atoms with E-state index in [0.29, 0.717) is 15.6 Å². The Morgan fingerprint density at radius 3 is 2.53 bits per heavy atom. The molecule has 0 spiro atoms. The Labute approximate surface area is 117 Å². The second kappa shape index (κ2) is 6.34. The van der Waals surface area contributed by atoms with Crippen molar-refractivity contribution >= 4 is 29.3 Å². The normalized spacial score (nSPS) is 11.3.